The molecule has 0 saturated heterocycles. The Hall–Kier alpha value is -2.35. The van der Waals surface area contributed by atoms with Crippen LogP contribution in [0.25, 0.3) is 0 Å². The SMILES string of the molecule is CCCC1Cc2ccc(OCCNS(=O)(=O)c3cnn(C)c3)cc2C1Cc1cccc(Cl)c1. The summed E-state index contributed by atoms with van der Waals surface area (Å²) in [6.07, 6.45) is 7.18. The van der Waals surface area contributed by atoms with E-state index in [1.807, 2.05) is 18.2 Å². The smallest absolute Gasteiger partial charge is 0.243 e. The summed E-state index contributed by atoms with van der Waals surface area (Å²) in [5.74, 6) is 1.79. The van der Waals surface area contributed by atoms with Crippen molar-refractivity contribution in [2.75, 3.05) is 13.2 Å². The molecule has 176 valence electrons. The van der Waals surface area contributed by atoms with E-state index in [9.17, 15) is 8.42 Å². The molecule has 2 unspecified atom stereocenters. The maximum atomic E-state index is 12.3. The van der Waals surface area contributed by atoms with E-state index in [1.54, 1.807) is 7.05 Å². The molecule has 8 heteroatoms. The number of ether oxygens (including phenoxy) is 1. The maximum absolute atomic E-state index is 12.3. The highest BCUT2D eigenvalue weighted by molar-refractivity contribution is 7.89. The molecule has 0 bridgehead atoms. The first-order valence-corrected chi connectivity index (χ1v) is 13.2. The van der Waals surface area contributed by atoms with Crippen molar-refractivity contribution in [2.24, 2.45) is 13.0 Å². The van der Waals surface area contributed by atoms with Crippen LogP contribution < -0.4 is 9.46 Å². The van der Waals surface area contributed by atoms with Crippen molar-refractivity contribution >= 4 is 21.6 Å². The van der Waals surface area contributed by atoms with Crippen molar-refractivity contribution in [1.82, 2.24) is 14.5 Å². The van der Waals surface area contributed by atoms with Gasteiger partial charge in [-0.05, 0) is 72.1 Å². The molecule has 0 spiro atoms. The van der Waals surface area contributed by atoms with Gasteiger partial charge in [0.25, 0.3) is 0 Å². The highest BCUT2D eigenvalue weighted by atomic mass is 35.5. The topological polar surface area (TPSA) is 73.2 Å². The van der Waals surface area contributed by atoms with E-state index in [-0.39, 0.29) is 18.0 Å². The van der Waals surface area contributed by atoms with Gasteiger partial charge in [-0.25, -0.2) is 13.1 Å². The molecule has 1 aliphatic carbocycles. The van der Waals surface area contributed by atoms with Crippen LogP contribution in [0.4, 0.5) is 0 Å². The van der Waals surface area contributed by atoms with E-state index in [2.05, 4.69) is 41.0 Å². The zero-order chi connectivity index (χ0) is 23.4. The number of hydrogen-bond acceptors (Lipinski definition) is 4. The van der Waals surface area contributed by atoms with E-state index < -0.39 is 10.0 Å². The maximum Gasteiger partial charge on any atom is 0.243 e. The van der Waals surface area contributed by atoms with Crippen molar-refractivity contribution in [3.63, 3.8) is 0 Å². The first kappa shape index (κ1) is 23.8. The van der Waals surface area contributed by atoms with Gasteiger partial charge in [0.05, 0.1) is 6.20 Å². The van der Waals surface area contributed by atoms with Gasteiger partial charge in [0, 0.05) is 24.8 Å². The number of nitrogens with one attached hydrogen (secondary N) is 1. The summed E-state index contributed by atoms with van der Waals surface area (Å²) < 4.78 is 34.6. The number of sulfonamides is 1. The number of benzene rings is 2. The van der Waals surface area contributed by atoms with Gasteiger partial charge in [0.1, 0.15) is 17.3 Å². The predicted molar refractivity (Wildman–Crippen MR) is 130 cm³/mol. The van der Waals surface area contributed by atoms with E-state index in [4.69, 9.17) is 16.3 Å². The summed E-state index contributed by atoms with van der Waals surface area (Å²) in [5.41, 5.74) is 3.96. The zero-order valence-electron chi connectivity index (χ0n) is 19.0. The number of rotatable bonds is 10. The van der Waals surface area contributed by atoms with Crippen molar-refractivity contribution in [1.29, 1.82) is 0 Å². The van der Waals surface area contributed by atoms with Crippen molar-refractivity contribution in [3.8, 4) is 5.75 Å². The van der Waals surface area contributed by atoms with Crippen LogP contribution in [0.3, 0.4) is 0 Å². The standard InChI is InChI=1S/C25H30ClN3O3S/c1-3-5-19-14-20-8-9-22(15-25(20)24(19)13-18-6-4-7-21(26)12-18)32-11-10-28-33(30,31)23-16-27-29(2)17-23/h4,6-9,12,15-17,19,24,28H,3,5,10-11,13-14H2,1-2H3. The molecule has 0 saturated carbocycles. The Labute approximate surface area is 201 Å². The second-order valence-corrected chi connectivity index (χ2v) is 10.9. The number of hydrogen-bond donors (Lipinski definition) is 1. The van der Waals surface area contributed by atoms with E-state index in [1.165, 1.54) is 40.2 Å². The number of aromatic nitrogens is 2. The van der Waals surface area contributed by atoms with Gasteiger partial charge in [0.15, 0.2) is 0 Å². The molecule has 33 heavy (non-hydrogen) atoms. The van der Waals surface area contributed by atoms with Crippen LogP contribution in [0.1, 0.15) is 42.4 Å². The third kappa shape index (κ3) is 5.78. The van der Waals surface area contributed by atoms with E-state index in [0.29, 0.717) is 11.8 Å². The van der Waals surface area contributed by atoms with Gasteiger partial charge in [-0.3, -0.25) is 4.68 Å². The molecular formula is C25H30ClN3O3S. The van der Waals surface area contributed by atoms with Gasteiger partial charge in [-0.15, -0.1) is 0 Å². The fraction of sp³-hybridized carbons (Fsp3) is 0.400. The molecule has 2 atom stereocenters. The van der Waals surface area contributed by atoms with Gasteiger partial charge in [0.2, 0.25) is 10.0 Å². The van der Waals surface area contributed by atoms with Crippen LogP contribution in [0.5, 0.6) is 5.75 Å². The molecule has 4 rings (SSSR count). The fourth-order valence-electron chi connectivity index (χ4n) is 4.71. The molecule has 6 nitrogen and oxygen atoms in total. The minimum atomic E-state index is -3.59. The average Bonchev–Trinajstić information content (AvgIpc) is 3.36. The Morgan fingerprint density at radius 3 is 2.82 bits per heavy atom. The Kier molecular flexibility index (Phi) is 7.41. The van der Waals surface area contributed by atoms with Crippen LogP contribution in [0.2, 0.25) is 5.02 Å². The number of fused-ring (bicyclic) bond motifs is 1. The minimum absolute atomic E-state index is 0.147. The largest absolute Gasteiger partial charge is 0.492 e. The molecule has 1 aromatic heterocycles. The van der Waals surface area contributed by atoms with E-state index in [0.717, 1.165) is 30.0 Å². The quantitative estimate of drug-likeness (QED) is 0.419. The van der Waals surface area contributed by atoms with Crippen LogP contribution in [0.15, 0.2) is 59.8 Å². The monoisotopic (exact) mass is 487 g/mol. The molecule has 1 aliphatic rings. The third-order valence-corrected chi connectivity index (χ3v) is 7.88. The second kappa shape index (κ2) is 10.3. The lowest BCUT2D eigenvalue weighted by Crippen LogP contribution is -2.28. The molecule has 1 N–H and O–H groups in total. The molecule has 2 aromatic carbocycles. The van der Waals surface area contributed by atoms with Crippen LogP contribution in [-0.4, -0.2) is 31.3 Å². The summed E-state index contributed by atoms with van der Waals surface area (Å²) in [4.78, 5) is 0.147. The average molecular weight is 488 g/mol. The summed E-state index contributed by atoms with van der Waals surface area (Å²) in [6.45, 7) is 2.66. The summed E-state index contributed by atoms with van der Waals surface area (Å²) in [5, 5.41) is 4.68. The number of nitrogens with zero attached hydrogens (tertiary/aromatic N) is 2. The van der Waals surface area contributed by atoms with Crippen LogP contribution >= 0.6 is 11.6 Å². The predicted octanol–water partition coefficient (Wildman–Crippen LogP) is 4.73. The summed E-state index contributed by atoms with van der Waals surface area (Å²) >= 11 is 6.22. The Bertz CT molecular complexity index is 1210. The summed E-state index contributed by atoms with van der Waals surface area (Å²) in [7, 11) is -1.91. The highest BCUT2D eigenvalue weighted by Gasteiger charge is 2.32. The fourth-order valence-corrected chi connectivity index (χ4v) is 5.92. The third-order valence-electron chi connectivity index (χ3n) is 6.23. The van der Waals surface area contributed by atoms with E-state index >= 15 is 0 Å². The highest BCUT2D eigenvalue weighted by Crippen LogP contribution is 2.43. The number of halogens is 1. The molecule has 3 aromatic rings. The Balaban J connectivity index is 1.42. The minimum Gasteiger partial charge on any atom is -0.492 e. The first-order chi connectivity index (χ1) is 15.9. The lowest BCUT2D eigenvalue weighted by atomic mass is 9.84. The Morgan fingerprint density at radius 2 is 2.09 bits per heavy atom. The van der Waals surface area contributed by atoms with Crippen LogP contribution in [-0.2, 0) is 29.9 Å². The molecular weight excluding hydrogens is 458 g/mol. The normalized spacial score (nSPS) is 17.8. The van der Waals surface area contributed by atoms with Crippen molar-refractivity contribution < 1.29 is 13.2 Å². The number of aryl methyl sites for hydroxylation is 1. The molecule has 0 fully saturated rings. The lowest BCUT2D eigenvalue weighted by Gasteiger charge is -2.21. The first-order valence-electron chi connectivity index (χ1n) is 11.3. The zero-order valence-corrected chi connectivity index (χ0v) is 20.6. The van der Waals surface area contributed by atoms with Gasteiger partial charge >= 0.3 is 0 Å². The van der Waals surface area contributed by atoms with Gasteiger partial charge in [-0.1, -0.05) is 43.1 Å². The van der Waals surface area contributed by atoms with Crippen LogP contribution in [0, 0.1) is 5.92 Å². The summed E-state index contributed by atoms with van der Waals surface area (Å²) in [6, 6.07) is 14.4. The van der Waals surface area contributed by atoms with Crippen molar-refractivity contribution in [3.05, 3.63) is 76.6 Å². The van der Waals surface area contributed by atoms with Gasteiger partial charge in [-0.2, -0.15) is 5.10 Å². The lowest BCUT2D eigenvalue weighted by molar-refractivity contribution is 0.322. The molecule has 0 aliphatic heterocycles. The second-order valence-electron chi connectivity index (χ2n) is 8.65. The Morgan fingerprint density at radius 1 is 1.24 bits per heavy atom. The van der Waals surface area contributed by atoms with Crippen molar-refractivity contribution in [2.45, 2.75) is 43.4 Å². The molecule has 0 radical (unpaired) electrons. The van der Waals surface area contributed by atoms with Gasteiger partial charge < -0.3 is 4.74 Å². The molecule has 1 heterocycles. The molecule has 0 amide bonds.